The summed E-state index contributed by atoms with van der Waals surface area (Å²) in [6.45, 7) is 33.8. The Balaban J connectivity index is 0.000000174. The topological polar surface area (TPSA) is 134 Å². The number of likely N-dealkylation sites (tertiary alicyclic amines) is 1. The van der Waals surface area contributed by atoms with E-state index in [2.05, 4.69) is 95.3 Å². The third kappa shape index (κ3) is 15.7. The van der Waals surface area contributed by atoms with Crippen molar-refractivity contribution in [3.05, 3.63) is 154 Å². The van der Waals surface area contributed by atoms with E-state index in [9.17, 15) is 19.2 Å². The second-order valence-electron chi connectivity index (χ2n) is 26.1. The Morgan fingerprint density at radius 3 is 1.51 bits per heavy atom. The Labute approximate surface area is 520 Å². The monoisotopic (exact) mass is 1180 g/mol. The van der Waals surface area contributed by atoms with Gasteiger partial charge in [-0.2, -0.15) is 0 Å². The van der Waals surface area contributed by atoms with Crippen molar-refractivity contribution < 1.29 is 33.2 Å². The zero-order valence-electron chi connectivity index (χ0n) is 54.5. The van der Waals surface area contributed by atoms with Crippen molar-refractivity contribution in [2.45, 2.75) is 158 Å². The van der Waals surface area contributed by atoms with Crippen molar-refractivity contribution in [3.63, 3.8) is 0 Å². The van der Waals surface area contributed by atoms with Crippen molar-refractivity contribution >= 4 is 48.5 Å². The number of aromatic nitrogens is 1. The van der Waals surface area contributed by atoms with E-state index in [1.54, 1.807) is 17.2 Å². The lowest BCUT2D eigenvalue weighted by Crippen LogP contribution is -2.41. The summed E-state index contributed by atoms with van der Waals surface area (Å²) in [5.74, 6) is 0.142. The number of hydrogen-bond donors (Lipinski definition) is 1. The number of ether oxygens (including phenoxy) is 1. The van der Waals surface area contributed by atoms with Crippen LogP contribution in [0.15, 0.2) is 115 Å². The molecule has 464 valence electrons. The summed E-state index contributed by atoms with van der Waals surface area (Å²) in [5.41, 5.74) is 12.1. The number of rotatable bonds is 12. The van der Waals surface area contributed by atoms with E-state index < -0.39 is 12.7 Å². The van der Waals surface area contributed by atoms with E-state index >= 15 is 0 Å². The van der Waals surface area contributed by atoms with Crippen LogP contribution in [0.1, 0.15) is 182 Å². The summed E-state index contributed by atoms with van der Waals surface area (Å²) in [6.07, 6.45) is 19.8. The normalized spacial score (nSPS) is 19.9. The van der Waals surface area contributed by atoms with E-state index in [1.165, 1.54) is 58.2 Å². The van der Waals surface area contributed by atoms with Crippen LogP contribution in [0.25, 0.3) is 34.4 Å². The minimum atomic E-state index is -0.474. The van der Waals surface area contributed by atoms with E-state index in [1.807, 2.05) is 135 Å². The first-order valence-electron chi connectivity index (χ1n) is 32.2. The molecule has 1 N–H and O–H groups in total. The zero-order valence-corrected chi connectivity index (χ0v) is 54.5. The van der Waals surface area contributed by atoms with Crippen LogP contribution in [0.4, 0.5) is 4.79 Å². The van der Waals surface area contributed by atoms with Gasteiger partial charge in [-0.25, -0.2) is 4.79 Å². The van der Waals surface area contributed by atoms with Gasteiger partial charge in [0.2, 0.25) is 0 Å². The van der Waals surface area contributed by atoms with Crippen molar-refractivity contribution in [2.75, 3.05) is 65.4 Å². The number of allylic oxidation sites excluding steroid dienone is 2. The zero-order chi connectivity index (χ0) is 62.7. The summed E-state index contributed by atoms with van der Waals surface area (Å²) in [6, 6.07) is 33.0. The van der Waals surface area contributed by atoms with Crippen LogP contribution in [0, 0.1) is 10.8 Å². The molecule has 14 heteroatoms. The van der Waals surface area contributed by atoms with Crippen molar-refractivity contribution in [2.24, 2.45) is 10.8 Å². The standard InChI is InChI=1S/C31H40N2O3.C26H32N2O.C16H25BN2O3/c1-6-32(7-2)28(34)24-14-12-23(13-15-24)26-11-8-10-25-22-31(18-16-27(25)26)17-9-20-33(21-19-31)29(35)36-30(3,4)5;1-3-28(4-2)25(29)21-11-9-20(10-12-21)23-8-5-7-22-19-26(15-13-24(22)23)14-6-17-27-18-16-26;1-7-19(8-2)14(20)13-10-9-12(11-18-13)17-21-15(3,4)16(5,6)22-17/h8,10-16,18H,6-7,9,17,19-22H2,1-5H3;5,7-13,15,27H,3-4,6,14,16-19H2,1-2H3;9-11H,7-8H2,1-6H3. The number of fused-ring (bicyclic) bond motifs is 2. The minimum absolute atomic E-state index is 0.0505. The number of nitrogens with zero attached hydrogens (tertiary/aromatic N) is 5. The maximum atomic E-state index is 12.7. The maximum absolute atomic E-state index is 12.7. The molecule has 3 aliphatic heterocycles. The van der Waals surface area contributed by atoms with Crippen LogP contribution in [0.2, 0.25) is 0 Å². The fourth-order valence-corrected chi connectivity index (χ4v) is 12.7. The highest BCUT2D eigenvalue weighted by molar-refractivity contribution is 6.62. The molecule has 2 spiro atoms. The van der Waals surface area contributed by atoms with Gasteiger partial charge < -0.3 is 39.0 Å². The Morgan fingerprint density at radius 1 is 0.575 bits per heavy atom. The molecule has 4 heterocycles. The number of amides is 4. The number of hydrogen-bond acceptors (Lipinski definition) is 9. The third-order valence-corrected chi connectivity index (χ3v) is 18.7. The minimum Gasteiger partial charge on any atom is -0.444 e. The van der Waals surface area contributed by atoms with Crippen LogP contribution < -0.4 is 10.8 Å². The van der Waals surface area contributed by atoms with Gasteiger partial charge in [0.05, 0.1) is 11.2 Å². The lowest BCUT2D eigenvalue weighted by Gasteiger charge is -2.34. The maximum Gasteiger partial charge on any atom is 0.496 e. The van der Waals surface area contributed by atoms with Crippen molar-refractivity contribution in [1.82, 2.24) is 29.9 Å². The lowest BCUT2D eigenvalue weighted by molar-refractivity contribution is 0.00578. The molecule has 0 bridgehead atoms. The average molecular weight is 1180 g/mol. The van der Waals surface area contributed by atoms with Gasteiger partial charge in [-0.1, -0.05) is 91.0 Å². The van der Waals surface area contributed by atoms with E-state index in [0.29, 0.717) is 37.3 Å². The molecule has 5 aliphatic rings. The highest BCUT2D eigenvalue weighted by Gasteiger charge is 2.52. The van der Waals surface area contributed by atoms with E-state index in [0.717, 1.165) is 93.5 Å². The van der Waals surface area contributed by atoms with Gasteiger partial charge in [-0.3, -0.25) is 19.4 Å². The first-order valence-corrected chi connectivity index (χ1v) is 32.2. The molecular formula is C73H97BN6O7. The van der Waals surface area contributed by atoms with Crippen molar-refractivity contribution in [1.29, 1.82) is 0 Å². The van der Waals surface area contributed by atoms with Gasteiger partial charge in [0.25, 0.3) is 17.7 Å². The lowest BCUT2D eigenvalue weighted by atomic mass is 9.71. The molecule has 3 saturated heterocycles. The van der Waals surface area contributed by atoms with Gasteiger partial charge >= 0.3 is 13.2 Å². The second kappa shape index (κ2) is 28.5. The molecule has 5 aromatic rings. The molecule has 4 amide bonds. The molecule has 1 aromatic heterocycles. The largest absolute Gasteiger partial charge is 0.496 e. The van der Waals surface area contributed by atoms with Crippen LogP contribution in [-0.2, 0) is 26.9 Å². The predicted octanol–water partition coefficient (Wildman–Crippen LogP) is 13.8. The molecule has 87 heavy (non-hydrogen) atoms. The first kappa shape index (κ1) is 66.1. The molecule has 2 atom stereocenters. The van der Waals surface area contributed by atoms with Crippen LogP contribution >= 0.6 is 0 Å². The fraction of sp³-hybridized carbons (Fsp3) is 0.493. The Kier molecular flexibility index (Phi) is 21.7. The molecule has 13 nitrogen and oxygen atoms in total. The van der Waals surface area contributed by atoms with Gasteiger partial charge in [-0.05, 0) is 240 Å². The van der Waals surface area contributed by atoms with E-state index in [-0.39, 0.29) is 40.4 Å². The molecule has 2 aliphatic carbocycles. The SMILES string of the molecule is CCN(CC)C(=O)c1ccc(-c2cccc3c2C=CC2(CCCN(C(=O)OC(C)(C)C)CC2)C3)cc1.CCN(CC)C(=O)c1ccc(-c2cccc3c2C=CC2(CCCNCC2)C3)cc1.CCN(CC)C(=O)c1ccc(B2OC(C)(C)C(C)(C)O2)cn1. The quantitative estimate of drug-likeness (QED) is 0.121. The number of benzene rings is 4. The van der Waals surface area contributed by atoms with Crippen molar-refractivity contribution in [3.8, 4) is 22.3 Å². The van der Waals surface area contributed by atoms with Gasteiger partial charge in [0.1, 0.15) is 11.3 Å². The van der Waals surface area contributed by atoms with Gasteiger partial charge in [0, 0.05) is 75.1 Å². The van der Waals surface area contributed by atoms with Gasteiger partial charge in [-0.15, -0.1) is 0 Å². The fourth-order valence-electron chi connectivity index (χ4n) is 12.7. The summed E-state index contributed by atoms with van der Waals surface area (Å²) in [5, 5.41) is 3.55. The van der Waals surface area contributed by atoms with Crippen LogP contribution in [0.3, 0.4) is 0 Å². The molecule has 4 aromatic carbocycles. The summed E-state index contributed by atoms with van der Waals surface area (Å²) < 4.78 is 17.6. The second-order valence-corrected chi connectivity index (χ2v) is 26.1. The Morgan fingerprint density at radius 2 is 1.05 bits per heavy atom. The smallest absolute Gasteiger partial charge is 0.444 e. The first-order chi connectivity index (χ1) is 41.5. The third-order valence-electron chi connectivity index (χ3n) is 18.7. The number of nitrogens with one attached hydrogen (secondary N) is 1. The molecular weight excluding hydrogens is 1080 g/mol. The highest BCUT2D eigenvalue weighted by Crippen LogP contribution is 2.45. The highest BCUT2D eigenvalue weighted by atomic mass is 16.7. The van der Waals surface area contributed by atoms with E-state index in [4.69, 9.17) is 14.0 Å². The molecule has 3 fully saturated rings. The van der Waals surface area contributed by atoms with Crippen LogP contribution in [-0.4, -0.2) is 138 Å². The number of pyridine rings is 1. The summed E-state index contributed by atoms with van der Waals surface area (Å²) in [7, 11) is -0.449. The average Bonchev–Trinajstić information content (AvgIpc) is 2.30. The predicted molar refractivity (Wildman–Crippen MR) is 354 cm³/mol. The molecule has 2 unspecified atom stereocenters. The molecule has 10 rings (SSSR count). The Bertz CT molecular complexity index is 3200. The Hall–Kier alpha value is -6.87. The summed E-state index contributed by atoms with van der Waals surface area (Å²) >= 11 is 0. The number of carbonyl (C=O) groups is 4. The molecule has 0 radical (unpaired) electrons. The van der Waals surface area contributed by atoms with Gasteiger partial charge in [0.15, 0.2) is 0 Å². The van der Waals surface area contributed by atoms with Crippen LogP contribution in [0.5, 0.6) is 0 Å². The number of carbonyl (C=O) groups excluding carboxylic acids is 4. The summed E-state index contributed by atoms with van der Waals surface area (Å²) in [4.78, 5) is 61.8. The molecule has 0 saturated carbocycles.